The highest BCUT2D eigenvalue weighted by molar-refractivity contribution is 5.67. The lowest BCUT2D eigenvalue weighted by Crippen LogP contribution is -2.46. The largest absolute Gasteiger partial charge is 0.441 e. The van der Waals surface area contributed by atoms with Crippen molar-refractivity contribution in [2.45, 2.75) is 13.5 Å². The van der Waals surface area contributed by atoms with Crippen molar-refractivity contribution in [1.82, 2.24) is 14.9 Å². The van der Waals surface area contributed by atoms with Crippen molar-refractivity contribution < 1.29 is 4.42 Å². The fourth-order valence-electron chi connectivity index (χ4n) is 4.02. The van der Waals surface area contributed by atoms with Crippen molar-refractivity contribution in [3.63, 3.8) is 0 Å². The highest BCUT2D eigenvalue weighted by Crippen LogP contribution is 2.26. The van der Waals surface area contributed by atoms with Crippen LogP contribution in [0.3, 0.4) is 0 Å². The van der Waals surface area contributed by atoms with Gasteiger partial charge in [-0.05, 0) is 42.3 Å². The Morgan fingerprint density at radius 2 is 1.45 bits per heavy atom. The first-order valence-corrected chi connectivity index (χ1v) is 10.8. The molecule has 0 bridgehead atoms. The third-order valence-electron chi connectivity index (χ3n) is 5.85. The number of piperazine rings is 1. The van der Waals surface area contributed by atoms with Crippen molar-refractivity contribution >= 4 is 5.82 Å². The second-order valence-corrected chi connectivity index (χ2v) is 7.92. The summed E-state index contributed by atoms with van der Waals surface area (Å²) in [7, 11) is 0. The van der Waals surface area contributed by atoms with Gasteiger partial charge >= 0.3 is 0 Å². The molecule has 2 aromatic heterocycles. The van der Waals surface area contributed by atoms with Crippen molar-refractivity contribution in [2.75, 3.05) is 31.1 Å². The molecular weight excluding hydrogens is 384 g/mol. The van der Waals surface area contributed by atoms with Gasteiger partial charge in [-0.1, -0.05) is 48.5 Å². The molecule has 0 radical (unpaired) electrons. The van der Waals surface area contributed by atoms with Crippen LogP contribution in [0.4, 0.5) is 5.82 Å². The number of rotatable bonds is 5. The Kier molecular flexibility index (Phi) is 5.50. The van der Waals surface area contributed by atoms with Crippen molar-refractivity contribution in [1.29, 1.82) is 0 Å². The van der Waals surface area contributed by atoms with Crippen molar-refractivity contribution in [2.24, 2.45) is 0 Å². The Bertz CT molecular complexity index is 1120. The van der Waals surface area contributed by atoms with Gasteiger partial charge in [-0.15, -0.1) is 0 Å². The quantitative estimate of drug-likeness (QED) is 0.462. The molecule has 0 spiro atoms. The van der Waals surface area contributed by atoms with E-state index in [0.717, 1.165) is 55.6 Å². The third-order valence-corrected chi connectivity index (χ3v) is 5.85. The smallest absolute Gasteiger partial charge is 0.226 e. The van der Waals surface area contributed by atoms with Gasteiger partial charge in [0.2, 0.25) is 5.89 Å². The summed E-state index contributed by atoms with van der Waals surface area (Å²) in [6, 6.07) is 24.9. The first-order valence-electron chi connectivity index (χ1n) is 10.8. The minimum atomic E-state index is 0.694. The summed E-state index contributed by atoms with van der Waals surface area (Å²) < 4.78 is 6.02. The predicted octanol–water partition coefficient (Wildman–Crippen LogP) is 5.03. The second-order valence-electron chi connectivity index (χ2n) is 7.92. The Hall–Kier alpha value is -3.44. The van der Waals surface area contributed by atoms with Gasteiger partial charge < -0.3 is 9.32 Å². The number of nitrogens with zero attached hydrogens (tertiary/aromatic N) is 4. The zero-order valence-corrected chi connectivity index (χ0v) is 17.7. The molecule has 1 fully saturated rings. The van der Waals surface area contributed by atoms with Crippen LogP contribution in [-0.2, 0) is 6.54 Å². The molecule has 1 saturated heterocycles. The molecule has 2 aromatic carbocycles. The normalized spacial score (nSPS) is 14.7. The summed E-state index contributed by atoms with van der Waals surface area (Å²) in [5, 5.41) is 0. The second kappa shape index (κ2) is 8.74. The van der Waals surface area contributed by atoms with Crippen LogP contribution in [0.25, 0.3) is 22.6 Å². The molecule has 0 N–H and O–H groups in total. The molecule has 0 saturated carbocycles. The summed E-state index contributed by atoms with van der Waals surface area (Å²) in [6.07, 6.45) is 1.86. The Morgan fingerprint density at radius 3 is 2.16 bits per heavy atom. The van der Waals surface area contributed by atoms with Gasteiger partial charge in [-0.2, -0.15) is 0 Å². The minimum absolute atomic E-state index is 0.694. The van der Waals surface area contributed by atoms with Crippen LogP contribution in [0.5, 0.6) is 0 Å². The van der Waals surface area contributed by atoms with Gasteiger partial charge in [0.1, 0.15) is 11.6 Å². The lowest BCUT2D eigenvalue weighted by molar-refractivity contribution is 0.245. The van der Waals surface area contributed by atoms with Crippen LogP contribution in [-0.4, -0.2) is 41.0 Å². The van der Waals surface area contributed by atoms with Crippen LogP contribution < -0.4 is 4.90 Å². The Balaban J connectivity index is 1.24. The number of oxazole rings is 1. The van der Waals surface area contributed by atoms with E-state index in [-0.39, 0.29) is 0 Å². The minimum Gasteiger partial charge on any atom is -0.441 e. The van der Waals surface area contributed by atoms with E-state index in [1.807, 2.05) is 31.3 Å². The van der Waals surface area contributed by atoms with Crippen LogP contribution in [0, 0.1) is 6.92 Å². The molecule has 0 unspecified atom stereocenters. The van der Waals surface area contributed by atoms with E-state index >= 15 is 0 Å². The summed E-state index contributed by atoms with van der Waals surface area (Å²) in [4.78, 5) is 14.1. The van der Waals surface area contributed by atoms with E-state index in [1.54, 1.807) is 0 Å². The van der Waals surface area contributed by atoms with Crippen LogP contribution in [0.15, 0.2) is 83.4 Å². The van der Waals surface area contributed by atoms with Crippen molar-refractivity contribution in [3.05, 3.63) is 90.4 Å². The Labute approximate surface area is 183 Å². The summed E-state index contributed by atoms with van der Waals surface area (Å²) in [5.74, 6) is 2.65. The van der Waals surface area contributed by atoms with Gasteiger partial charge in [-0.25, -0.2) is 9.97 Å². The molecule has 0 atom stereocenters. The number of hydrogen-bond acceptors (Lipinski definition) is 5. The van der Waals surface area contributed by atoms with Gasteiger partial charge in [0.05, 0.1) is 5.69 Å². The van der Waals surface area contributed by atoms with Crippen molar-refractivity contribution in [3.8, 4) is 22.6 Å². The molecule has 5 nitrogen and oxygen atoms in total. The molecule has 31 heavy (non-hydrogen) atoms. The zero-order valence-electron chi connectivity index (χ0n) is 17.7. The lowest BCUT2D eigenvalue weighted by atomic mass is 10.0. The molecule has 1 aliphatic rings. The van der Waals surface area contributed by atoms with Crippen LogP contribution >= 0.6 is 0 Å². The van der Waals surface area contributed by atoms with E-state index < -0.39 is 0 Å². The van der Waals surface area contributed by atoms with Crippen LogP contribution in [0.2, 0.25) is 0 Å². The first-order chi connectivity index (χ1) is 15.3. The topological polar surface area (TPSA) is 45.4 Å². The summed E-state index contributed by atoms with van der Waals surface area (Å²) in [5.41, 5.74) is 4.43. The maximum atomic E-state index is 6.02. The van der Waals surface area contributed by atoms with Gasteiger partial charge in [0.15, 0.2) is 0 Å². The zero-order chi connectivity index (χ0) is 21.0. The van der Waals surface area contributed by atoms with Gasteiger partial charge in [0.25, 0.3) is 0 Å². The van der Waals surface area contributed by atoms with Gasteiger partial charge in [0, 0.05) is 44.5 Å². The standard InChI is InChI=1S/C26H26N4O/c1-20-24(19-29-15-17-30(18-16-29)25-9-5-6-14-27-25)28-26(31-20)23-12-10-22(11-13-23)21-7-3-2-4-8-21/h2-14H,15-19H2,1H3. The average molecular weight is 411 g/mol. The number of aromatic nitrogens is 2. The number of benzene rings is 2. The predicted molar refractivity (Wildman–Crippen MR) is 124 cm³/mol. The number of hydrogen-bond donors (Lipinski definition) is 0. The number of aryl methyl sites for hydroxylation is 1. The molecular formula is C26H26N4O. The molecule has 5 heteroatoms. The molecule has 0 aliphatic carbocycles. The van der Waals surface area contributed by atoms with E-state index in [2.05, 4.69) is 69.4 Å². The molecule has 4 aromatic rings. The molecule has 3 heterocycles. The van der Waals surface area contributed by atoms with E-state index in [0.29, 0.717) is 5.89 Å². The summed E-state index contributed by atoms with van der Waals surface area (Å²) in [6.45, 7) is 6.75. The maximum Gasteiger partial charge on any atom is 0.226 e. The maximum absolute atomic E-state index is 6.02. The fourth-order valence-corrected chi connectivity index (χ4v) is 4.02. The monoisotopic (exact) mass is 410 g/mol. The average Bonchev–Trinajstić information content (AvgIpc) is 3.21. The summed E-state index contributed by atoms with van der Waals surface area (Å²) >= 11 is 0. The highest BCUT2D eigenvalue weighted by Gasteiger charge is 2.20. The fraction of sp³-hybridized carbons (Fsp3) is 0.231. The lowest BCUT2D eigenvalue weighted by Gasteiger charge is -2.35. The first kappa shape index (κ1) is 19.5. The number of anilines is 1. The van der Waals surface area contributed by atoms with Gasteiger partial charge in [-0.3, -0.25) is 4.90 Å². The Morgan fingerprint density at radius 1 is 0.774 bits per heavy atom. The molecule has 156 valence electrons. The van der Waals surface area contributed by atoms with E-state index in [9.17, 15) is 0 Å². The highest BCUT2D eigenvalue weighted by atomic mass is 16.4. The van der Waals surface area contributed by atoms with E-state index in [1.165, 1.54) is 11.1 Å². The molecule has 5 rings (SSSR count). The third kappa shape index (κ3) is 4.37. The SMILES string of the molecule is Cc1oc(-c2ccc(-c3ccccc3)cc2)nc1CN1CCN(c2ccccn2)CC1. The molecule has 1 aliphatic heterocycles. The molecule has 0 amide bonds. The number of pyridine rings is 1. The van der Waals surface area contributed by atoms with E-state index in [4.69, 9.17) is 9.40 Å². The van der Waals surface area contributed by atoms with Crippen LogP contribution in [0.1, 0.15) is 11.5 Å².